The van der Waals surface area contributed by atoms with E-state index < -0.39 is 9.84 Å². The van der Waals surface area contributed by atoms with Crippen molar-refractivity contribution in [1.29, 1.82) is 0 Å². The minimum atomic E-state index is -3.22. The smallest absolute Gasteiger partial charge is 0.190 e. The zero-order chi connectivity index (χ0) is 17.3. The molecule has 138 valence electrons. The van der Waals surface area contributed by atoms with Crippen LogP contribution in [0.4, 0.5) is 0 Å². The van der Waals surface area contributed by atoms with Crippen LogP contribution in [0.2, 0.25) is 0 Å². The van der Waals surface area contributed by atoms with Crippen molar-refractivity contribution in [2.45, 2.75) is 17.7 Å². The van der Waals surface area contributed by atoms with Crippen LogP contribution in [-0.2, 0) is 16.3 Å². The topological polar surface area (TPSA) is 83.7 Å². The number of hydrogen-bond donors (Lipinski definition) is 2. The van der Waals surface area contributed by atoms with Gasteiger partial charge in [0, 0.05) is 26.6 Å². The lowest BCUT2D eigenvalue weighted by molar-refractivity contribution is 0.506. The van der Waals surface area contributed by atoms with Gasteiger partial charge in [0.1, 0.15) is 5.76 Å². The summed E-state index contributed by atoms with van der Waals surface area (Å²) in [6.07, 6.45) is 2.92. The standard InChI is InChI=1S/C17H23N3O3S.HI/c1-18-17(20-12-10-15-7-5-13-23-15)19-11-6-14-24(21,22)16-8-3-2-4-9-16;/h2-5,7-9,13H,6,10-12,14H2,1H3,(H2,18,19,20);1H. The molecule has 1 aromatic carbocycles. The summed E-state index contributed by atoms with van der Waals surface area (Å²) in [7, 11) is -1.54. The van der Waals surface area contributed by atoms with Gasteiger partial charge in [0.15, 0.2) is 15.8 Å². The molecule has 2 aromatic rings. The largest absolute Gasteiger partial charge is 0.469 e. The summed E-state index contributed by atoms with van der Waals surface area (Å²) in [5.74, 6) is 1.67. The molecule has 0 aliphatic heterocycles. The predicted molar refractivity (Wildman–Crippen MR) is 110 cm³/mol. The summed E-state index contributed by atoms with van der Waals surface area (Å²) in [6, 6.07) is 12.3. The van der Waals surface area contributed by atoms with Crippen LogP contribution in [0.15, 0.2) is 63.0 Å². The molecule has 2 rings (SSSR count). The highest BCUT2D eigenvalue weighted by molar-refractivity contribution is 14.0. The molecular formula is C17H24IN3O3S. The fourth-order valence-electron chi connectivity index (χ4n) is 2.19. The van der Waals surface area contributed by atoms with E-state index in [-0.39, 0.29) is 29.7 Å². The average Bonchev–Trinajstić information content (AvgIpc) is 3.11. The molecule has 2 N–H and O–H groups in total. The fraction of sp³-hybridized carbons (Fsp3) is 0.353. The van der Waals surface area contributed by atoms with Gasteiger partial charge in [0.2, 0.25) is 0 Å². The number of benzene rings is 1. The van der Waals surface area contributed by atoms with E-state index in [0.29, 0.717) is 30.4 Å². The Morgan fingerprint density at radius 2 is 1.80 bits per heavy atom. The van der Waals surface area contributed by atoms with E-state index in [9.17, 15) is 8.42 Å². The average molecular weight is 477 g/mol. The second-order valence-electron chi connectivity index (χ2n) is 5.24. The van der Waals surface area contributed by atoms with E-state index in [4.69, 9.17) is 4.42 Å². The maximum Gasteiger partial charge on any atom is 0.190 e. The maximum atomic E-state index is 12.2. The molecule has 0 aliphatic carbocycles. The zero-order valence-electron chi connectivity index (χ0n) is 14.1. The van der Waals surface area contributed by atoms with E-state index in [1.165, 1.54) is 0 Å². The number of sulfone groups is 1. The highest BCUT2D eigenvalue weighted by Crippen LogP contribution is 2.10. The van der Waals surface area contributed by atoms with E-state index in [1.54, 1.807) is 43.6 Å². The highest BCUT2D eigenvalue weighted by Gasteiger charge is 2.13. The minimum absolute atomic E-state index is 0. The molecule has 0 atom stereocenters. The van der Waals surface area contributed by atoms with Crippen LogP contribution in [0.3, 0.4) is 0 Å². The molecule has 6 nitrogen and oxygen atoms in total. The molecule has 0 aliphatic rings. The van der Waals surface area contributed by atoms with E-state index >= 15 is 0 Å². The van der Waals surface area contributed by atoms with Crippen LogP contribution in [-0.4, -0.2) is 40.3 Å². The van der Waals surface area contributed by atoms with Gasteiger partial charge in [-0.3, -0.25) is 4.99 Å². The number of aliphatic imine (C=N–C) groups is 1. The molecular weight excluding hydrogens is 453 g/mol. The van der Waals surface area contributed by atoms with Gasteiger partial charge in [-0.15, -0.1) is 24.0 Å². The number of rotatable bonds is 8. The van der Waals surface area contributed by atoms with Crippen molar-refractivity contribution < 1.29 is 12.8 Å². The second-order valence-corrected chi connectivity index (χ2v) is 7.35. The highest BCUT2D eigenvalue weighted by atomic mass is 127. The molecule has 0 radical (unpaired) electrons. The van der Waals surface area contributed by atoms with Crippen molar-refractivity contribution >= 4 is 39.8 Å². The lowest BCUT2D eigenvalue weighted by Crippen LogP contribution is -2.39. The number of nitrogens with one attached hydrogen (secondary N) is 2. The van der Waals surface area contributed by atoms with Gasteiger partial charge >= 0.3 is 0 Å². The number of hydrogen-bond acceptors (Lipinski definition) is 4. The molecule has 0 fully saturated rings. The van der Waals surface area contributed by atoms with Gasteiger partial charge in [-0.2, -0.15) is 0 Å². The first-order chi connectivity index (χ1) is 11.6. The third kappa shape index (κ3) is 7.47. The molecule has 0 spiro atoms. The quantitative estimate of drug-likeness (QED) is 0.264. The number of nitrogens with zero attached hydrogens (tertiary/aromatic N) is 1. The van der Waals surface area contributed by atoms with Gasteiger partial charge in [0.05, 0.1) is 16.9 Å². The second kappa shape index (κ2) is 11.1. The zero-order valence-corrected chi connectivity index (χ0v) is 17.3. The first kappa shape index (κ1) is 21.5. The van der Waals surface area contributed by atoms with E-state index in [0.717, 1.165) is 12.2 Å². The monoisotopic (exact) mass is 477 g/mol. The van der Waals surface area contributed by atoms with Crippen LogP contribution in [0.25, 0.3) is 0 Å². The lowest BCUT2D eigenvalue weighted by Gasteiger charge is -2.11. The third-order valence-corrected chi connectivity index (χ3v) is 5.27. The van der Waals surface area contributed by atoms with Crippen molar-refractivity contribution in [2.24, 2.45) is 4.99 Å². The molecule has 25 heavy (non-hydrogen) atoms. The van der Waals surface area contributed by atoms with Gasteiger partial charge in [-0.05, 0) is 30.7 Å². The molecule has 0 unspecified atom stereocenters. The summed E-state index contributed by atoms with van der Waals surface area (Å²) in [5, 5.41) is 6.28. The van der Waals surface area contributed by atoms with E-state index in [2.05, 4.69) is 15.6 Å². The van der Waals surface area contributed by atoms with Gasteiger partial charge in [-0.25, -0.2) is 8.42 Å². The van der Waals surface area contributed by atoms with Crippen LogP contribution >= 0.6 is 24.0 Å². The summed E-state index contributed by atoms with van der Waals surface area (Å²) >= 11 is 0. The number of furan rings is 1. The fourth-order valence-corrected chi connectivity index (χ4v) is 3.53. The Morgan fingerprint density at radius 3 is 2.44 bits per heavy atom. The van der Waals surface area contributed by atoms with Crippen LogP contribution in [0.1, 0.15) is 12.2 Å². The Morgan fingerprint density at radius 1 is 1.08 bits per heavy atom. The number of guanidine groups is 1. The van der Waals surface area contributed by atoms with Gasteiger partial charge in [0.25, 0.3) is 0 Å². The van der Waals surface area contributed by atoms with Gasteiger partial charge in [-0.1, -0.05) is 18.2 Å². The summed E-state index contributed by atoms with van der Waals surface area (Å²) in [5.41, 5.74) is 0. The molecule has 0 saturated carbocycles. The Kier molecular flexibility index (Phi) is 9.58. The molecule has 0 amide bonds. The summed E-state index contributed by atoms with van der Waals surface area (Å²) in [6.45, 7) is 1.22. The van der Waals surface area contributed by atoms with Crippen molar-refractivity contribution in [1.82, 2.24) is 10.6 Å². The summed E-state index contributed by atoms with van der Waals surface area (Å²) in [4.78, 5) is 4.48. The first-order valence-electron chi connectivity index (χ1n) is 7.86. The van der Waals surface area contributed by atoms with Crippen molar-refractivity contribution in [2.75, 3.05) is 25.9 Å². The van der Waals surface area contributed by atoms with Crippen molar-refractivity contribution in [3.8, 4) is 0 Å². The first-order valence-corrected chi connectivity index (χ1v) is 9.52. The Balaban J connectivity index is 0.00000312. The Bertz CT molecular complexity index is 732. The molecule has 0 saturated heterocycles. The van der Waals surface area contributed by atoms with Crippen LogP contribution in [0, 0.1) is 0 Å². The third-order valence-electron chi connectivity index (χ3n) is 3.45. The van der Waals surface area contributed by atoms with E-state index in [1.807, 2.05) is 12.1 Å². The molecule has 0 bridgehead atoms. The number of halogens is 1. The molecule has 8 heteroatoms. The Labute approximate surface area is 166 Å². The molecule has 1 aromatic heterocycles. The van der Waals surface area contributed by atoms with Gasteiger partial charge < -0.3 is 15.1 Å². The minimum Gasteiger partial charge on any atom is -0.469 e. The lowest BCUT2D eigenvalue weighted by atomic mass is 10.3. The van der Waals surface area contributed by atoms with Crippen molar-refractivity contribution in [3.05, 3.63) is 54.5 Å². The van der Waals surface area contributed by atoms with Crippen LogP contribution in [0.5, 0.6) is 0 Å². The SMILES string of the molecule is CN=C(NCCCS(=O)(=O)c1ccccc1)NCCc1ccco1.I. The summed E-state index contributed by atoms with van der Waals surface area (Å²) < 4.78 is 29.6. The van der Waals surface area contributed by atoms with Crippen molar-refractivity contribution in [3.63, 3.8) is 0 Å². The Hall–Kier alpha value is -1.55. The maximum absolute atomic E-state index is 12.2. The van der Waals surface area contributed by atoms with Crippen LogP contribution < -0.4 is 10.6 Å². The molecule has 1 heterocycles. The predicted octanol–water partition coefficient (Wildman–Crippen LogP) is 2.47. The normalized spacial score (nSPS) is 11.6.